The first-order valence-corrected chi connectivity index (χ1v) is 7.90. The van der Waals surface area contributed by atoms with E-state index >= 15 is 0 Å². The molecule has 0 bridgehead atoms. The largest absolute Gasteiger partial charge is 0.493 e. The minimum absolute atomic E-state index is 0.132. The van der Waals surface area contributed by atoms with Crippen molar-refractivity contribution in [3.8, 4) is 11.8 Å². The minimum atomic E-state index is 0.132. The second-order valence-corrected chi connectivity index (χ2v) is 6.04. The van der Waals surface area contributed by atoms with Gasteiger partial charge in [0.15, 0.2) is 0 Å². The average Bonchev–Trinajstić information content (AvgIpc) is 3.11. The van der Waals surface area contributed by atoms with Gasteiger partial charge in [0.1, 0.15) is 0 Å². The van der Waals surface area contributed by atoms with Crippen molar-refractivity contribution in [3.63, 3.8) is 0 Å². The zero-order chi connectivity index (χ0) is 16.7. The molecule has 5 heteroatoms. The van der Waals surface area contributed by atoms with Crippen LogP contribution in [0.5, 0.6) is 5.88 Å². The fourth-order valence-corrected chi connectivity index (χ4v) is 2.90. The predicted octanol–water partition coefficient (Wildman–Crippen LogP) is 3.66. The van der Waals surface area contributed by atoms with Crippen LogP contribution in [0.3, 0.4) is 0 Å². The number of nitrogens with one attached hydrogen (secondary N) is 1. The first-order valence-electron chi connectivity index (χ1n) is 7.90. The molecular formula is C19H18N4O. The zero-order valence-electron chi connectivity index (χ0n) is 13.6. The molecule has 0 aliphatic rings. The minimum Gasteiger partial charge on any atom is -0.493 e. The SMILES string of the molecule is Cc1ccc2[nH]c(-n3nc(C)c(Cc4ccccc4)c3O)nc2c1. The molecule has 0 unspecified atom stereocenters. The number of fused-ring (bicyclic) bond motifs is 1. The van der Waals surface area contributed by atoms with Crippen LogP contribution in [0, 0.1) is 13.8 Å². The molecule has 0 fully saturated rings. The summed E-state index contributed by atoms with van der Waals surface area (Å²) in [5, 5.41) is 15.1. The Morgan fingerprint density at radius 3 is 2.67 bits per heavy atom. The van der Waals surface area contributed by atoms with Crippen molar-refractivity contribution in [2.45, 2.75) is 20.3 Å². The Labute approximate surface area is 139 Å². The monoisotopic (exact) mass is 318 g/mol. The van der Waals surface area contributed by atoms with Gasteiger partial charge < -0.3 is 10.1 Å². The highest BCUT2D eigenvalue weighted by Gasteiger charge is 2.18. The lowest BCUT2D eigenvalue weighted by molar-refractivity contribution is 0.426. The first-order chi connectivity index (χ1) is 11.6. The molecule has 0 aliphatic heterocycles. The van der Waals surface area contributed by atoms with Crippen LogP contribution >= 0.6 is 0 Å². The number of aryl methyl sites for hydroxylation is 2. The van der Waals surface area contributed by atoms with Crippen molar-refractivity contribution < 1.29 is 5.11 Å². The van der Waals surface area contributed by atoms with Gasteiger partial charge in [-0.3, -0.25) is 0 Å². The third-order valence-corrected chi connectivity index (χ3v) is 4.21. The lowest BCUT2D eigenvalue weighted by Gasteiger charge is -2.02. The Morgan fingerprint density at radius 1 is 1.08 bits per heavy atom. The zero-order valence-corrected chi connectivity index (χ0v) is 13.6. The summed E-state index contributed by atoms with van der Waals surface area (Å²) in [7, 11) is 0. The van der Waals surface area contributed by atoms with E-state index < -0.39 is 0 Å². The number of hydrogen-bond acceptors (Lipinski definition) is 3. The van der Waals surface area contributed by atoms with E-state index in [1.165, 1.54) is 4.68 Å². The Bertz CT molecular complexity index is 1010. The Kier molecular flexibility index (Phi) is 3.34. The molecule has 2 heterocycles. The molecule has 2 N–H and O–H groups in total. The Morgan fingerprint density at radius 2 is 1.88 bits per heavy atom. The van der Waals surface area contributed by atoms with Gasteiger partial charge in [0.05, 0.1) is 16.7 Å². The van der Waals surface area contributed by atoms with Crippen LogP contribution in [0.15, 0.2) is 48.5 Å². The molecule has 4 rings (SSSR count). The number of nitrogens with zero attached hydrogens (tertiary/aromatic N) is 3. The number of aromatic nitrogens is 4. The number of aromatic hydroxyl groups is 1. The van der Waals surface area contributed by atoms with Crippen molar-refractivity contribution in [2.24, 2.45) is 0 Å². The van der Waals surface area contributed by atoms with Crippen LogP contribution in [0.4, 0.5) is 0 Å². The number of rotatable bonds is 3. The van der Waals surface area contributed by atoms with Gasteiger partial charge in [-0.1, -0.05) is 36.4 Å². The van der Waals surface area contributed by atoms with Crippen LogP contribution in [0.25, 0.3) is 17.0 Å². The standard InChI is InChI=1S/C19H18N4O/c1-12-8-9-16-17(10-12)21-19(20-16)23-18(24)15(13(2)22-23)11-14-6-4-3-5-7-14/h3-10,24H,11H2,1-2H3,(H,20,21). The Balaban J connectivity index is 1.77. The van der Waals surface area contributed by atoms with E-state index in [-0.39, 0.29) is 5.88 Å². The molecule has 5 nitrogen and oxygen atoms in total. The van der Waals surface area contributed by atoms with Gasteiger partial charge in [-0.25, -0.2) is 4.98 Å². The molecule has 2 aromatic heterocycles. The maximum Gasteiger partial charge on any atom is 0.232 e. The highest BCUT2D eigenvalue weighted by molar-refractivity contribution is 5.77. The highest BCUT2D eigenvalue weighted by atomic mass is 16.3. The summed E-state index contributed by atoms with van der Waals surface area (Å²) >= 11 is 0. The van der Waals surface area contributed by atoms with E-state index in [0.717, 1.165) is 33.4 Å². The van der Waals surface area contributed by atoms with Crippen molar-refractivity contribution in [1.82, 2.24) is 19.7 Å². The summed E-state index contributed by atoms with van der Waals surface area (Å²) in [5.41, 5.74) is 5.68. The molecule has 24 heavy (non-hydrogen) atoms. The smallest absolute Gasteiger partial charge is 0.232 e. The Hall–Kier alpha value is -3.08. The normalized spacial score (nSPS) is 11.2. The van der Waals surface area contributed by atoms with E-state index in [2.05, 4.69) is 15.1 Å². The fourth-order valence-electron chi connectivity index (χ4n) is 2.90. The van der Waals surface area contributed by atoms with Crippen molar-refractivity contribution in [1.29, 1.82) is 0 Å². The van der Waals surface area contributed by atoms with E-state index in [1.807, 2.05) is 62.4 Å². The van der Waals surface area contributed by atoms with Gasteiger partial charge in [0.25, 0.3) is 0 Å². The number of aromatic amines is 1. The predicted molar refractivity (Wildman–Crippen MR) is 93.6 cm³/mol. The fraction of sp³-hybridized carbons (Fsp3) is 0.158. The van der Waals surface area contributed by atoms with E-state index in [4.69, 9.17) is 0 Å². The van der Waals surface area contributed by atoms with Crippen molar-refractivity contribution in [3.05, 3.63) is 70.9 Å². The maximum atomic E-state index is 10.6. The maximum absolute atomic E-state index is 10.6. The van der Waals surface area contributed by atoms with Gasteiger partial charge in [0.2, 0.25) is 11.8 Å². The first kappa shape index (κ1) is 14.5. The lowest BCUT2D eigenvalue weighted by atomic mass is 10.1. The number of imidazole rings is 1. The number of benzene rings is 2. The second kappa shape index (κ2) is 5.53. The van der Waals surface area contributed by atoms with Gasteiger partial charge in [-0.05, 0) is 37.1 Å². The van der Waals surface area contributed by atoms with Crippen molar-refractivity contribution in [2.75, 3.05) is 0 Å². The summed E-state index contributed by atoms with van der Waals surface area (Å²) in [5.74, 6) is 0.655. The molecule has 0 spiro atoms. The third kappa shape index (κ3) is 2.44. The summed E-state index contributed by atoms with van der Waals surface area (Å²) < 4.78 is 1.48. The van der Waals surface area contributed by atoms with Crippen LogP contribution < -0.4 is 0 Å². The molecule has 120 valence electrons. The molecule has 0 amide bonds. The second-order valence-electron chi connectivity index (χ2n) is 6.04. The van der Waals surface area contributed by atoms with E-state index in [1.54, 1.807) is 0 Å². The number of H-pyrrole nitrogens is 1. The summed E-state index contributed by atoms with van der Waals surface area (Å²) in [6.45, 7) is 3.93. The lowest BCUT2D eigenvalue weighted by Crippen LogP contribution is -1.98. The quantitative estimate of drug-likeness (QED) is 0.606. The molecule has 0 saturated heterocycles. The van der Waals surface area contributed by atoms with Gasteiger partial charge in [0, 0.05) is 12.0 Å². The summed E-state index contributed by atoms with van der Waals surface area (Å²) in [6, 6.07) is 16.1. The molecule has 4 aromatic rings. The summed E-state index contributed by atoms with van der Waals surface area (Å²) in [6.07, 6.45) is 0.637. The molecule has 2 aromatic carbocycles. The molecule has 0 saturated carbocycles. The molecular weight excluding hydrogens is 300 g/mol. The van der Waals surface area contributed by atoms with Crippen molar-refractivity contribution >= 4 is 11.0 Å². The van der Waals surface area contributed by atoms with Gasteiger partial charge in [-0.2, -0.15) is 9.78 Å². The van der Waals surface area contributed by atoms with Crippen LogP contribution in [-0.2, 0) is 6.42 Å². The number of hydrogen-bond donors (Lipinski definition) is 2. The third-order valence-electron chi connectivity index (χ3n) is 4.21. The molecule has 0 aliphatic carbocycles. The molecule has 0 atom stereocenters. The highest BCUT2D eigenvalue weighted by Crippen LogP contribution is 2.27. The van der Waals surface area contributed by atoms with Crippen LogP contribution in [0.1, 0.15) is 22.4 Å². The molecule has 0 radical (unpaired) electrons. The van der Waals surface area contributed by atoms with Gasteiger partial charge in [-0.15, -0.1) is 0 Å². The van der Waals surface area contributed by atoms with E-state index in [0.29, 0.717) is 12.4 Å². The van der Waals surface area contributed by atoms with Crippen LogP contribution in [0.2, 0.25) is 0 Å². The van der Waals surface area contributed by atoms with Crippen LogP contribution in [-0.4, -0.2) is 24.9 Å². The van der Waals surface area contributed by atoms with E-state index in [9.17, 15) is 5.11 Å². The summed E-state index contributed by atoms with van der Waals surface area (Å²) in [4.78, 5) is 7.76. The van der Waals surface area contributed by atoms with Gasteiger partial charge >= 0.3 is 0 Å². The average molecular weight is 318 g/mol. The topological polar surface area (TPSA) is 66.7 Å².